The summed E-state index contributed by atoms with van der Waals surface area (Å²) in [6, 6.07) is 11.8. The SMILES string of the molecule is CCOc1cc(/C=C(\C#N)C(=O)Nc2ccc(C)c(Cl)c2)ccc1OCC(N)=O. The first-order chi connectivity index (χ1) is 13.8. The first kappa shape index (κ1) is 21.8. The number of anilines is 1. The molecule has 2 aromatic rings. The van der Waals surface area contributed by atoms with Crippen LogP contribution in [0.1, 0.15) is 18.1 Å². The number of nitriles is 1. The highest BCUT2D eigenvalue weighted by molar-refractivity contribution is 6.31. The summed E-state index contributed by atoms with van der Waals surface area (Å²) in [4.78, 5) is 23.4. The van der Waals surface area contributed by atoms with Crippen LogP contribution >= 0.6 is 11.6 Å². The Bertz CT molecular complexity index is 996. The van der Waals surface area contributed by atoms with E-state index in [0.29, 0.717) is 34.4 Å². The second-order valence-corrected chi connectivity index (χ2v) is 6.39. The number of hydrogen-bond acceptors (Lipinski definition) is 5. The molecule has 0 fully saturated rings. The van der Waals surface area contributed by atoms with Gasteiger partial charge in [-0.15, -0.1) is 0 Å². The summed E-state index contributed by atoms with van der Waals surface area (Å²) < 4.78 is 10.8. The molecule has 0 heterocycles. The molecule has 8 heteroatoms. The molecule has 2 amide bonds. The summed E-state index contributed by atoms with van der Waals surface area (Å²) in [5, 5.41) is 12.6. The van der Waals surface area contributed by atoms with Gasteiger partial charge in [-0.05, 0) is 55.3 Å². The standard InChI is InChI=1S/C21H20ClN3O4/c1-3-28-19-9-14(5-7-18(19)29-12-20(24)26)8-15(11-23)21(27)25-16-6-4-13(2)17(22)10-16/h4-10H,3,12H2,1-2H3,(H2,24,26)(H,25,27)/b15-8+. The van der Waals surface area contributed by atoms with Gasteiger partial charge in [-0.25, -0.2) is 0 Å². The molecular formula is C21H20ClN3O4. The first-order valence-electron chi connectivity index (χ1n) is 8.71. The number of ether oxygens (including phenoxy) is 2. The molecular weight excluding hydrogens is 394 g/mol. The topological polar surface area (TPSA) is 114 Å². The maximum absolute atomic E-state index is 12.4. The van der Waals surface area contributed by atoms with Crippen molar-refractivity contribution in [3.05, 3.63) is 58.1 Å². The molecule has 29 heavy (non-hydrogen) atoms. The van der Waals surface area contributed by atoms with Crippen LogP contribution in [0, 0.1) is 18.3 Å². The number of rotatable bonds is 8. The third kappa shape index (κ3) is 6.26. The molecule has 0 unspecified atom stereocenters. The van der Waals surface area contributed by atoms with Gasteiger partial charge in [0, 0.05) is 10.7 Å². The van der Waals surface area contributed by atoms with E-state index in [-0.39, 0.29) is 12.2 Å². The Morgan fingerprint density at radius 2 is 1.97 bits per heavy atom. The van der Waals surface area contributed by atoms with E-state index >= 15 is 0 Å². The molecule has 0 aliphatic rings. The van der Waals surface area contributed by atoms with Crippen LogP contribution in [0.15, 0.2) is 42.0 Å². The van der Waals surface area contributed by atoms with Gasteiger partial charge in [-0.3, -0.25) is 9.59 Å². The van der Waals surface area contributed by atoms with Crippen LogP contribution in [-0.2, 0) is 9.59 Å². The molecule has 0 saturated carbocycles. The van der Waals surface area contributed by atoms with E-state index in [9.17, 15) is 14.9 Å². The van der Waals surface area contributed by atoms with Crippen molar-refractivity contribution in [3.63, 3.8) is 0 Å². The molecule has 0 spiro atoms. The normalized spacial score (nSPS) is 10.8. The fourth-order valence-corrected chi connectivity index (χ4v) is 2.52. The zero-order chi connectivity index (χ0) is 21.4. The highest BCUT2D eigenvalue weighted by Crippen LogP contribution is 2.29. The van der Waals surface area contributed by atoms with Crippen LogP contribution in [0.5, 0.6) is 11.5 Å². The van der Waals surface area contributed by atoms with E-state index < -0.39 is 11.8 Å². The van der Waals surface area contributed by atoms with Crippen molar-refractivity contribution >= 4 is 35.2 Å². The van der Waals surface area contributed by atoms with Crippen molar-refractivity contribution in [3.8, 4) is 17.6 Å². The summed E-state index contributed by atoms with van der Waals surface area (Å²) in [7, 11) is 0. The Hall–Kier alpha value is -3.50. The van der Waals surface area contributed by atoms with Crippen molar-refractivity contribution in [2.45, 2.75) is 13.8 Å². The van der Waals surface area contributed by atoms with Gasteiger partial charge < -0.3 is 20.5 Å². The maximum atomic E-state index is 12.4. The number of benzene rings is 2. The van der Waals surface area contributed by atoms with E-state index in [2.05, 4.69) is 5.32 Å². The van der Waals surface area contributed by atoms with Gasteiger partial charge in [-0.1, -0.05) is 23.7 Å². The van der Waals surface area contributed by atoms with E-state index in [1.807, 2.05) is 13.0 Å². The number of nitrogens with zero attached hydrogens (tertiary/aromatic N) is 1. The number of hydrogen-bond donors (Lipinski definition) is 2. The molecule has 3 N–H and O–H groups in total. The smallest absolute Gasteiger partial charge is 0.266 e. The zero-order valence-electron chi connectivity index (χ0n) is 16.0. The minimum absolute atomic E-state index is 0.102. The summed E-state index contributed by atoms with van der Waals surface area (Å²) in [5.41, 5.74) is 6.90. The number of primary amides is 1. The Kier molecular flexibility index (Phi) is 7.63. The van der Waals surface area contributed by atoms with Gasteiger partial charge in [0.2, 0.25) is 0 Å². The van der Waals surface area contributed by atoms with Gasteiger partial charge in [0.25, 0.3) is 11.8 Å². The van der Waals surface area contributed by atoms with E-state index in [1.165, 1.54) is 6.08 Å². The summed E-state index contributed by atoms with van der Waals surface area (Å²) in [6.45, 7) is 3.71. The largest absolute Gasteiger partial charge is 0.490 e. The van der Waals surface area contributed by atoms with Crippen molar-refractivity contribution in [2.24, 2.45) is 5.73 Å². The highest BCUT2D eigenvalue weighted by Gasteiger charge is 2.12. The van der Waals surface area contributed by atoms with Crippen molar-refractivity contribution in [1.29, 1.82) is 5.26 Å². The van der Waals surface area contributed by atoms with Crippen LogP contribution in [0.4, 0.5) is 5.69 Å². The monoisotopic (exact) mass is 413 g/mol. The number of nitrogens with two attached hydrogens (primary N) is 1. The summed E-state index contributed by atoms with van der Waals surface area (Å²) >= 11 is 6.06. The number of carbonyl (C=O) groups is 2. The van der Waals surface area contributed by atoms with Gasteiger partial charge in [-0.2, -0.15) is 5.26 Å². The molecule has 0 aliphatic heterocycles. The third-order valence-corrected chi connectivity index (χ3v) is 4.15. The van der Waals surface area contributed by atoms with Crippen LogP contribution < -0.4 is 20.5 Å². The molecule has 7 nitrogen and oxygen atoms in total. The van der Waals surface area contributed by atoms with E-state index in [0.717, 1.165) is 5.56 Å². The average Bonchev–Trinajstić information content (AvgIpc) is 2.68. The second-order valence-electron chi connectivity index (χ2n) is 5.98. The zero-order valence-corrected chi connectivity index (χ0v) is 16.7. The predicted molar refractivity (Wildman–Crippen MR) is 111 cm³/mol. The minimum Gasteiger partial charge on any atom is -0.490 e. The molecule has 150 valence electrons. The quantitative estimate of drug-likeness (QED) is 0.508. The molecule has 0 atom stereocenters. The molecule has 0 radical (unpaired) electrons. The van der Waals surface area contributed by atoms with E-state index in [1.54, 1.807) is 43.3 Å². The fourth-order valence-electron chi connectivity index (χ4n) is 2.34. The highest BCUT2D eigenvalue weighted by atomic mass is 35.5. The van der Waals surface area contributed by atoms with Gasteiger partial charge in [0.15, 0.2) is 18.1 Å². The van der Waals surface area contributed by atoms with Crippen molar-refractivity contribution in [1.82, 2.24) is 0 Å². The first-order valence-corrected chi connectivity index (χ1v) is 9.09. The lowest BCUT2D eigenvalue weighted by Gasteiger charge is -2.12. The Balaban J connectivity index is 2.25. The van der Waals surface area contributed by atoms with Crippen LogP contribution in [-0.4, -0.2) is 25.0 Å². The van der Waals surface area contributed by atoms with Crippen molar-refractivity contribution in [2.75, 3.05) is 18.5 Å². The third-order valence-electron chi connectivity index (χ3n) is 3.74. The fraction of sp³-hybridized carbons (Fsp3) is 0.190. The molecule has 0 bridgehead atoms. The van der Waals surface area contributed by atoms with Gasteiger partial charge in [0.1, 0.15) is 11.6 Å². The number of carbonyl (C=O) groups excluding carboxylic acids is 2. The van der Waals surface area contributed by atoms with Crippen molar-refractivity contribution < 1.29 is 19.1 Å². The van der Waals surface area contributed by atoms with Crippen LogP contribution in [0.2, 0.25) is 5.02 Å². The lowest BCUT2D eigenvalue weighted by Crippen LogP contribution is -2.20. The summed E-state index contributed by atoms with van der Waals surface area (Å²) in [5.74, 6) is -0.485. The Morgan fingerprint density at radius 1 is 1.21 bits per heavy atom. The Morgan fingerprint density at radius 3 is 2.59 bits per heavy atom. The molecule has 2 rings (SSSR count). The van der Waals surface area contributed by atoms with Gasteiger partial charge in [0.05, 0.1) is 6.61 Å². The van der Waals surface area contributed by atoms with Gasteiger partial charge >= 0.3 is 0 Å². The lowest BCUT2D eigenvalue weighted by molar-refractivity contribution is -0.120. The Labute approximate surface area is 173 Å². The molecule has 2 aromatic carbocycles. The molecule has 0 saturated heterocycles. The van der Waals surface area contributed by atoms with E-state index in [4.69, 9.17) is 26.8 Å². The second kappa shape index (κ2) is 10.2. The molecule has 0 aromatic heterocycles. The lowest BCUT2D eigenvalue weighted by atomic mass is 10.1. The maximum Gasteiger partial charge on any atom is 0.266 e. The predicted octanol–water partition coefficient (Wildman–Crippen LogP) is 3.46. The number of nitrogens with one attached hydrogen (secondary N) is 1. The minimum atomic E-state index is -0.615. The summed E-state index contributed by atoms with van der Waals surface area (Å²) in [6.07, 6.45) is 1.42. The number of halogens is 1. The average molecular weight is 414 g/mol. The van der Waals surface area contributed by atoms with Crippen LogP contribution in [0.3, 0.4) is 0 Å². The van der Waals surface area contributed by atoms with Crippen LogP contribution in [0.25, 0.3) is 6.08 Å². The number of aryl methyl sites for hydroxylation is 1. The number of amides is 2. The molecule has 0 aliphatic carbocycles.